The van der Waals surface area contributed by atoms with Gasteiger partial charge in [0.15, 0.2) is 0 Å². The quantitative estimate of drug-likeness (QED) is 0.542. The molecular formula is C24H23ClN2O. The number of carbonyl (C=O) groups excluding carboxylic acids is 1. The van der Waals surface area contributed by atoms with Gasteiger partial charge in [0.2, 0.25) is 0 Å². The van der Waals surface area contributed by atoms with E-state index in [1.165, 1.54) is 18.4 Å². The third-order valence-corrected chi connectivity index (χ3v) is 5.40. The van der Waals surface area contributed by atoms with Crippen LogP contribution >= 0.6 is 11.6 Å². The number of hydrogen-bond donors (Lipinski definition) is 1. The molecule has 0 fully saturated rings. The van der Waals surface area contributed by atoms with Crippen LogP contribution in [0.4, 0.5) is 11.4 Å². The van der Waals surface area contributed by atoms with Crippen LogP contribution in [-0.2, 0) is 6.42 Å². The molecular weight excluding hydrogens is 368 g/mol. The second kappa shape index (κ2) is 8.07. The van der Waals surface area contributed by atoms with Crippen molar-refractivity contribution in [2.45, 2.75) is 32.4 Å². The summed E-state index contributed by atoms with van der Waals surface area (Å²) in [6.07, 6.45) is 3.11. The standard InChI is InChI=1S/C24H23ClN2O/c1-2-3-6-17-9-15-20(16-10-17)27-23(18-11-13-19(25)14-12-18)26-22-8-5-4-7-21(22)24(27)28/h4-5,7-16,23,26H,2-3,6H2,1H3/t23-/m1/s1. The molecule has 1 N–H and O–H groups in total. The second-order valence-electron chi connectivity index (χ2n) is 7.09. The van der Waals surface area contributed by atoms with Gasteiger partial charge in [0.05, 0.1) is 5.56 Å². The minimum absolute atomic E-state index is 0.00407. The van der Waals surface area contributed by atoms with E-state index in [4.69, 9.17) is 11.6 Å². The molecule has 1 heterocycles. The number of anilines is 2. The molecule has 142 valence electrons. The second-order valence-corrected chi connectivity index (χ2v) is 7.53. The Labute approximate surface area is 171 Å². The Balaban J connectivity index is 1.74. The van der Waals surface area contributed by atoms with Gasteiger partial charge in [-0.15, -0.1) is 0 Å². The van der Waals surface area contributed by atoms with Crippen LogP contribution in [-0.4, -0.2) is 5.91 Å². The van der Waals surface area contributed by atoms with Crippen molar-refractivity contribution in [3.8, 4) is 0 Å². The summed E-state index contributed by atoms with van der Waals surface area (Å²) in [7, 11) is 0. The zero-order valence-electron chi connectivity index (χ0n) is 15.9. The van der Waals surface area contributed by atoms with Gasteiger partial charge >= 0.3 is 0 Å². The van der Waals surface area contributed by atoms with E-state index in [0.717, 1.165) is 23.4 Å². The number of benzene rings is 3. The first-order valence-electron chi connectivity index (χ1n) is 9.71. The average Bonchev–Trinajstić information content (AvgIpc) is 2.73. The highest BCUT2D eigenvalue weighted by Gasteiger charge is 2.33. The SMILES string of the molecule is CCCCc1ccc(N2C(=O)c3ccccc3N[C@H]2c2ccc(Cl)cc2)cc1. The first-order valence-corrected chi connectivity index (χ1v) is 10.1. The first-order chi connectivity index (χ1) is 13.7. The van der Waals surface area contributed by atoms with Gasteiger partial charge in [-0.05, 0) is 60.4 Å². The maximum Gasteiger partial charge on any atom is 0.262 e. The summed E-state index contributed by atoms with van der Waals surface area (Å²) in [5.41, 5.74) is 4.70. The van der Waals surface area contributed by atoms with Crippen LogP contribution < -0.4 is 10.2 Å². The maximum absolute atomic E-state index is 13.4. The zero-order chi connectivity index (χ0) is 19.5. The Hall–Kier alpha value is -2.78. The predicted molar refractivity (Wildman–Crippen MR) is 116 cm³/mol. The number of nitrogens with zero attached hydrogens (tertiary/aromatic N) is 1. The van der Waals surface area contributed by atoms with Crippen LogP contribution in [0.2, 0.25) is 5.02 Å². The molecule has 0 bridgehead atoms. The molecule has 0 radical (unpaired) electrons. The monoisotopic (exact) mass is 390 g/mol. The lowest BCUT2D eigenvalue weighted by atomic mass is 10.0. The molecule has 0 saturated heterocycles. The summed E-state index contributed by atoms with van der Waals surface area (Å²) in [5, 5.41) is 4.20. The summed E-state index contributed by atoms with van der Waals surface area (Å²) >= 11 is 6.07. The third kappa shape index (κ3) is 3.63. The Morgan fingerprint density at radius 1 is 0.964 bits per heavy atom. The van der Waals surface area contributed by atoms with Crippen LogP contribution in [0.25, 0.3) is 0 Å². The average molecular weight is 391 g/mol. The fourth-order valence-corrected chi connectivity index (χ4v) is 3.73. The summed E-state index contributed by atoms with van der Waals surface area (Å²) in [6.45, 7) is 2.20. The molecule has 1 amide bonds. The van der Waals surface area contributed by atoms with Gasteiger partial charge in [-0.3, -0.25) is 9.69 Å². The highest BCUT2D eigenvalue weighted by molar-refractivity contribution is 6.30. The number of fused-ring (bicyclic) bond motifs is 1. The topological polar surface area (TPSA) is 32.3 Å². The molecule has 3 nitrogen and oxygen atoms in total. The number of amides is 1. The Morgan fingerprint density at radius 2 is 1.68 bits per heavy atom. The Morgan fingerprint density at radius 3 is 2.39 bits per heavy atom. The van der Waals surface area contributed by atoms with E-state index >= 15 is 0 Å². The van der Waals surface area contributed by atoms with E-state index in [0.29, 0.717) is 10.6 Å². The van der Waals surface area contributed by atoms with Gasteiger partial charge < -0.3 is 5.32 Å². The van der Waals surface area contributed by atoms with Crippen LogP contribution in [0.1, 0.15) is 47.4 Å². The fourth-order valence-electron chi connectivity index (χ4n) is 3.60. The van der Waals surface area contributed by atoms with Gasteiger partial charge in [0.25, 0.3) is 5.91 Å². The van der Waals surface area contributed by atoms with Crippen LogP contribution in [0.3, 0.4) is 0 Å². The lowest BCUT2D eigenvalue weighted by Crippen LogP contribution is -2.43. The maximum atomic E-state index is 13.4. The van der Waals surface area contributed by atoms with E-state index in [-0.39, 0.29) is 12.1 Å². The minimum atomic E-state index is -0.291. The summed E-state index contributed by atoms with van der Waals surface area (Å²) < 4.78 is 0. The van der Waals surface area contributed by atoms with Gasteiger partial charge in [-0.1, -0.05) is 61.3 Å². The predicted octanol–water partition coefficient (Wildman–Crippen LogP) is 6.45. The van der Waals surface area contributed by atoms with Crippen LogP contribution in [0.5, 0.6) is 0 Å². The van der Waals surface area contributed by atoms with E-state index in [9.17, 15) is 4.79 Å². The fraction of sp³-hybridized carbons (Fsp3) is 0.208. The molecule has 4 heteroatoms. The molecule has 3 aromatic rings. The lowest BCUT2D eigenvalue weighted by Gasteiger charge is -2.38. The first kappa shape index (κ1) is 18.6. The Bertz CT molecular complexity index is 967. The van der Waals surface area contributed by atoms with Gasteiger partial charge in [0, 0.05) is 16.4 Å². The normalized spacial score (nSPS) is 15.9. The van der Waals surface area contributed by atoms with Crippen molar-refractivity contribution in [2.75, 3.05) is 10.2 Å². The molecule has 0 aromatic heterocycles. The molecule has 3 aromatic carbocycles. The van der Waals surface area contributed by atoms with Crippen molar-refractivity contribution in [1.29, 1.82) is 0 Å². The molecule has 0 unspecified atom stereocenters. The molecule has 1 aliphatic heterocycles. The largest absolute Gasteiger partial charge is 0.360 e. The molecule has 1 aliphatic rings. The smallest absolute Gasteiger partial charge is 0.262 e. The lowest BCUT2D eigenvalue weighted by molar-refractivity contribution is 0.0975. The van der Waals surface area contributed by atoms with E-state index in [1.807, 2.05) is 65.6 Å². The zero-order valence-corrected chi connectivity index (χ0v) is 16.6. The number of rotatable bonds is 5. The number of aryl methyl sites for hydroxylation is 1. The van der Waals surface area contributed by atoms with E-state index in [2.05, 4.69) is 24.4 Å². The number of hydrogen-bond acceptors (Lipinski definition) is 2. The number of para-hydroxylation sites is 1. The molecule has 1 atom stereocenters. The highest BCUT2D eigenvalue weighted by atomic mass is 35.5. The van der Waals surface area contributed by atoms with Crippen molar-refractivity contribution in [1.82, 2.24) is 0 Å². The highest BCUT2D eigenvalue weighted by Crippen LogP contribution is 2.37. The number of halogens is 1. The Kier molecular flexibility index (Phi) is 5.36. The molecule has 0 aliphatic carbocycles. The van der Waals surface area contributed by atoms with Crippen molar-refractivity contribution in [2.24, 2.45) is 0 Å². The van der Waals surface area contributed by atoms with E-state index in [1.54, 1.807) is 0 Å². The van der Waals surface area contributed by atoms with Crippen molar-refractivity contribution < 1.29 is 4.79 Å². The van der Waals surface area contributed by atoms with Crippen molar-refractivity contribution >= 4 is 28.9 Å². The van der Waals surface area contributed by atoms with E-state index < -0.39 is 0 Å². The molecule has 4 rings (SSSR count). The molecule has 0 saturated carbocycles. The van der Waals surface area contributed by atoms with Crippen molar-refractivity contribution in [3.63, 3.8) is 0 Å². The van der Waals surface area contributed by atoms with Crippen LogP contribution in [0, 0.1) is 0 Å². The van der Waals surface area contributed by atoms with Gasteiger partial charge in [-0.2, -0.15) is 0 Å². The number of carbonyl (C=O) groups is 1. The summed E-state index contributed by atoms with van der Waals surface area (Å²) in [5.74, 6) is -0.00407. The van der Waals surface area contributed by atoms with Gasteiger partial charge in [0.1, 0.15) is 6.17 Å². The third-order valence-electron chi connectivity index (χ3n) is 5.15. The van der Waals surface area contributed by atoms with Crippen molar-refractivity contribution in [3.05, 3.63) is 94.5 Å². The summed E-state index contributed by atoms with van der Waals surface area (Å²) in [6, 6.07) is 23.6. The molecule has 0 spiro atoms. The molecule has 28 heavy (non-hydrogen) atoms. The number of nitrogens with one attached hydrogen (secondary N) is 1. The van der Waals surface area contributed by atoms with Gasteiger partial charge in [-0.25, -0.2) is 0 Å². The minimum Gasteiger partial charge on any atom is -0.360 e. The summed E-state index contributed by atoms with van der Waals surface area (Å²) in [4.78, 5) is 15.2. The van der Waals surface area contributed by atoms with Crippen LogP contribution in [0.15, 0.2) is 72.8 Å². The number of unbranched alkanes of at least 4 members (excludes halogenated alkanes) is 1.